The van der Waals surface area contributed by atoms with Crippen LogP contribution < -0.4 is 15.4 Å². The lowest BCUT2D eigenvalue weighted by Crippen LogP contribution is -2.36. The van der Waals surface area contributed by atoms with E-state index >= 15 is 0 Å². The summed E-state index contributed by atoms with van der Waals surface area (Å²) in [5.41, 5.74) is 3.18. The molecule has 0 bridgehead atoms. The van der Waals surface area contributed by atoms with Gasteiger partial charge in [0.15, 0.2) is 5.96 Å². The summed E-state index contributed by atoms with van der Waals surface area (Å²) in [6, 6.07) is 13.5. The Hall–Kier alpha value is -2.69. The standard InChI is InChI=1S/C18H23N3O2/c1-13-4-6-14(7-5-13)11-20-18(19-2)21-12-15-10-16(23-3)8-9-17(15)22/h4-10,22H,11-12H2,1-3H3,(H2,19,20,21). The van der Waals surface area contributed by atoms with Gasteiger partial charge in [0, 0.05) is 25.7 Å². The van der Waals surface area contributed by atoms with Crippen LogP contribution in [0.1, 0.15) is 16.7 Å². The number of ether oxygens (including phenoxy) is 1. The molecule has 0 saturated heterocycles. The van der Waals surface area contributed by atoms with Crippen molar-refractivity contribution < 1.29 is 9.84 Å². The molecule has 5 nitrogen and oxygen atoms in total. The molecule has 0 spiro atoms. The summed E-state index contributed by atoms with van der Waals surface area (Å²) in [5, 5.41) is 16.3. The first kappa shape index (κ1) is 16.7. The first-order chi connectivity index (χ1) is 11.1. The average molecular weight is 313 g/mol. The van der Waals surface area contributed by atoms with E-state index in [0.717, 1.165) is 5.56 Å². The van der Waals surface area contributed by atoms with E-state index in [1.54, 1.807) is 32.4 Å². The molecule has 2 aromatic carbocycles. The van der Waals surface area contributed by atoms with Gasteiger partial charge in [-0.3, -0.25) is 4.99 Å². The van der Waals surface area contributed by atoms with E-state index < -0.39 is 0 Å². The molecule has 0 saturated carbocycles. The van der Waals surface area contributed by atoms with Gasteiger partial charge in [0.25, 0.3) is 0 Å². The third-order valence-corrected chi connectivity index (χ3v) is 3.54. The van der Waals surface area contributed by atoms with Crippen molar-refractivity contribution in [3.63, 3.8) is 0 Å². The molecule has 0 aliphatic rings. The highest BCUT2D eigenvalue weighted by atomic mass is 16.5. The Kier molecular flexibility index (Phi) is 5.86. The van der Waals surface area contributed by atoms with Gasteiger partial charge in [0.2, 0.25) is 0 Å². The number of hydrogen-bond donors (Lipinski definition) is 3. The van der Waals surface area contributed by atoms with Crippen molar-refractivity contribution in [2.75, 3.05) is 14.2 Å². The topological polar surface area (TPSA) is 65.9 Å². The van der Waals surface area contributed by atoms with Crippen LogP contribution in [0.2, 0.25) is 0 Å². The van der Waals surface area contributed by atoms with Gasteiger partial charge in [-0.15, -0.1) is 0 Å². The maximum absolute atomic E-state index is 9.89. The molecule has 0 atom stereocenters. The van der Waals surface area contributed by atoms with Gasteiger partial charge in [-0.05, 0) is 30.7 Å². The number of benzene rings is 2. The van der Waals surface area contributed by atoms with Crippen molar-refractivity contribution in [3.05, 3.63) is 59.2 Å². The van der Waals surface area contributed by atoms with Crippen LogP contribution in [-0.4, -0.2) is 25.2 Å². The van der Waals surface area contributed by atoms with Crippen molar-refractivity contribution in [3.8, 4) is 11.5 Å². The fraction of sp³-hybridized carbons (Fsp3) is 0.278. The average Bonchev–Trinajstić information content (AvgIpc) is 2.58. The van der Waals surface area contributed by atoms with Gasteiger partial charge in [0.1, 0.15) is 11.5 Å². The predicted octanol–water partition coefficient (Wildman–Crippen LogP) is 2.57. The molecule has 122 valence electrons. The smallest absolute Gasteiger partial charge is 0.191 e. The first-order valence-corrected chi connectivity index (χ1v) is 7.48. The van der Waals surface area contributed by atoms with Crippen LogP contribution in [0, 0.1) is 6.92 Å². The monoisotopic (exact) mass is 313 g/mol. The van der Waals surface area contributed by atoms with E-state index in [0.29, 0.717) is 24.8 Å². The van der Waals surface area contributed by atoms with Gasteiger partial charge < -0.3 is 20.5 Å². The maximum atomic E-state index is 9.89. The Bertz CT molecular complexity index is 666. The Morgan fingerprint density at radius 1 is 1.09 bits per heavy atom. The molecule has 0 aliphatic heterocycles. The zero-order valence-electron chi connectivity index (χ0n) is 13.8. The second-order valence-corrected chi connectivity index (χ2v) is 5.26. The second-order valence-electron chi connectivity index (χ2n) is 5.26. The van der Waals surface area contributed by atoms with Gasteiger partial charge in [0.05, 0.1) is 7.11 Å². The van der Waals surface area contributed by atoms with E-state index in [4.69, 9.17) is 4.74 Å². The van der Waals surface area contributed by atoms with E-state index in [1.165, 1.54) is 11.1 Å². The molecule has 0 radical (unpaired) electrons. The molecule has 0 fully saturated rings. The van der Waals surface area contributed by atoms with Crippen LogP contribution in [0.3, 0.4) is 0 Å². The minimum atomic E-state index is 0.229. The summed E-state index contributed by atoms with van der Waals surface area (Å²) in [6.07, 6.45) is 0. The number of nitrogens with one attached hydrogen (secondary N) is 2. The summed E-state index contributed by atoms with van der Waals surface area (Å²) < 4.78 is 5.17. The summed E-state index contributed by atoms with van der Waals surface area (Å²) in [6.45, 7) is 3.21. The number of rotatable bonds is 5. The zero-order chi connectivity index (χ0) is 16.7. The third kappa shape index (κ3) is 4.92. The normalized spacial score (nSPS) is 11.2. The number of guanidine groups is 1. The van der Waals surface area contributed by atoms with Crippen molar-refractivity contribution in [2.45, 2.75) is 20.0 Å². The first-order valence-electron chi connectivity index (χ1n) is 7.48. The minimum absolute atomic E-state index is 0.229. The highest BCUT2D eigenvalue weighted by molar-refractivity contribution is 5.79. The van der Waals surface area contributed by atoms with E-state index in [2.05, 4.69) is 46.8 Å². The Morgan fingerprint density at radius 3 is 2.43 bits per heavy atom. The fourth-order valence-corrected chi connectivity index (χ4v) is 2.12. The van der Waals surface area contributed by atoms with Gasteiger partial charge in [-0.2, -0.15) is 0 Å². The van der Waals surface area contributed by atoms with Gasteiger partial charge in [-0.1, -0.05) is 29.8 Å². The molecular weight excluding hydrogens is 290 g/mol. The predicted molar refractivity (Wildman–Crippen MR) is 92.9 cm³/mol. The van der Waals surface area contributed by atoms with Crippen molar-refractivity contribution in [1.29, 1.82) is 0 Å². The highest BCUT2D eigenvalue weighted by Gasteiger charge is 2.05. The number of methoxy groups -OCH3 is 1. The van der Waals surface area contributed by atoms with Crippen LogP contribution in [0.25, 0.3) is 0 Å². The number of aromatic hydroxyl groups is 1. The molecular formula is C18H23N3O2. The summed E-state index contributed by atoms with van der Waals surface area (Å²) in [7, 11) is 3.32. The summed E-state index contributed by atoms with van der Waals surface area (Å²) in [5.74, 6) is 1.61. The lowest BCUT2D eigenvalue weighted by atomic mass is 10.1. The molecule has 2 rings (SSSR count). The molecule has 0 amide bonds. The maximum Gasteiger partial charge on any atom is 0.191 e. The zero-order valence-corrected chi connectivity index (χ0v) is 13.8. The Morgan fingerprint density at radius 2 is 1.78 bits per heavy atom. The largest absolute Gasteiger partial charge is 0.508 e. The number of phenols is 1. The van der Waals surface area contributed by atoms with Crippen LogP contribution >= 0.6 is 0 Å². The van der Waals surface area contributed by atoms with E-state index in [-0.39, 0.29) is 5.75 Å². The Labute approximate surface area is 137 Å². The molecule has 3 N–H and O–H groups in total. The quantitative estimate of drug-likeness (QED) is 0.586. The summed E-state index contributed by atoms with van der Waals surface area (Å²) in [4.78, 5) is 4.19. The number of phenolic OH excluding ortho intramolecular Hbond substituents is 1. The molecule has 0 aromatic heterocycles. The van der Waals surface area contributed by atoms with E-state index in [9.17, 15) is 5.11 Å². The Balaban J connectivity index is 1.91. The summed E-state index contributed by atoms with van der Waals surface area (Å²) >= 11 is 0. The SMILES string of the molecule is CN=C(NCc1ccc(C)cc1)NCc1cc(OC)ccc1O. The minimum Gasteiger partial charge on any atom is -0.508 e. The van der Waals surface area contributed by atoms with Crippen molar-refractivity contribution >= 4 is 5.96 Å². The molecule has 0 aliphatic carbocycles. The number of nitrogens with zero attached hydrogens (tertiary/aromatic N) is 1. The van der Waals surface area contributed by atoms with E-state index in [1.807, 2.05) is 0 Å². The fourth-order valence-electron chi connectivity index (χ4n) is 2.12. The lowest BCUT2D eigenvalue weighted by molar-refractivity contribution is 0.410. The van der Waals surface area contributed by atoms with Crippen molar-refractivity contribution in [2.24, 2.45) is 4.99 Å². The van der Waals surface area contributed by atoms with Gasteiger partial charge in [-0.25, -0.2) is 0 Å². The highest BCUT2D eigenvalue weighted by Crippen LogP contribution is 2.22. The lowest BCUT2D eigenvalue weighted by Gasteiger charge is -2.13. The molecule has 2 aromatic rings. The van der Waals surface area contributed by atoms with Crippen LogP contribution in [0.5, 0.6) is 11.5 Å². The molecule has 0 unspecified atom stereocenters. The van der Waals surface area contributed by atoms with Crippen molar-refractivity contribution in [1.82, 2.24) is 10.6 Å². The molecule has 5 heteroatoms. The number of aliphatic imine (C=N–C) groups is 1. The number of hydrogen-bond acceptors (Lipinski definition) is 3. The van der Waals surface area contributed by atoms with Crippen LogP contribution in [-0.2, 0) is 13.1 Å². The van der Waals surface area contributed by atoms with Crippen LogP contribution in [0.15, 0.2) is 47.5 Å². The molecule has 0 heterocycles. The number of aryl methyl sites for hydroxylation is 1. The second kappa shape index (κ2) is 8.08. The van der Waals surface area contributed by atoms with Gasteiger partial charge >= 0.3 is 0 Å². The van der Waals surface area contributed by atoms with Crippen LogP contribution in [0.4, 0.5) is 0 Å². The molecule has 23 heavy (non-hydrogen) atoms. The third-order valence-electron chi connectivity index (χ3n) is 3.54.